The third kappa shape index (κ3) is 3.28. The Bertz CT molecular complexity index is 236. The SMILES string of the molecule is CC(=O)C(C)(C)CN1CCC(C(C)O)C1. The van der Waals surface area contributed by atoms with Crippen LogP contribution in [-0.2, 0) is 4.79 Å². The van der Waals surface area contributed by atoms with Crippen LogP contribution in [0, 0.1) is 11.3 Å². The highest BCUT2D eigenvalue weighted by Crippen LogP contribution is 2.25. The molecule has 1 heterocycles. The summed E-state index contributed by atoms with van der Waals surface area (Å²) in [7, 11) is 0. The fraction of sp³-hybridized carbons (Fsp3) is 0.917. The molecule has 1 N–H and O–H groups in total. The maximum Gasteiger partial charge on any atom is 0.136 e. The first-order valence-electron chi connectivity index (χ1n) is 5.74. The van der Waals surface area contributed by atoms with Gasteiger partial charge < -0.3 is 10.0 Å². The highest BCUT2D eigenvalue weighted by Gasteiger charge is 2.32. The van der Waals surface area contributed by atoms with Gasteiger partial charge in [0, 0.05) is 18.5 Å². The first-order chi connectivity index (χ1) is 6.83. The van der Waals surface area contributed by atoms with Crippen LogP contribution >= 0.6 is 0 Å². The molecular weight excluding hydrogens is 190 g/mol. The number of hydrogen-bond donors (Lipinski definition) is 1. The molecular formula is C12H23NO2. The van der Waals surface area contributed by atoms with Crippen molar-refractivity contribution < 1.29 is 9.90 Å². The summed E-state index contributed by atoms with van der Waals surface area (Å²) in [6.45, 7) is 10.2. The quantitative estimate of drug-likeness (QED) is 0.765. The van der Waals surface area contributed by atoms with Crippen LogP contribution in [0.2, 0.25) is 0 Å². The topological polar surface area (TPSA) is 40.5 Å². The normalized spacial score (nSPS) is 25.5. The van der Waals surface area contributed by atoms with E-state index in [-0.39, 0.29) is 17.3 Å². The number of ketones is 1. The van der Waals surface area contributed by atoms with E-state index >= 15 is 0 Å². The van der Waals surface area contributed by atoms with E-state index in [1.807, 2.05) is 20.8 Å². The van der Waals surface area contributed by atoms with Crippen LogP contribution in [0.1, 0.15) is 34.1 Å². The number of nitrogens with zero attached hydrogens (tertiary/aromatic N) is 1. The van der Waals surface area contributed by atoms with Crippen molar-refractivity contribution in [2.24, 2.45) is 11.3 Å². The molecule has 0 aromatic rings. The van der Waals surface area contributed by atoms with Gasteiger partial charge in [-0.1, -0.05) is 13.8 Å². The maximum absolute atomic E-state index is 11.4. The number of carbonyl (C=O) groups excluding carboxylic acids is 1. The molecule has 88 valence electrons. The summed E-state index contributed by atoms with van der Waals surface area (Å²) < 4.78 is 0. The van der Waals surface area contributed by atoms with Crippen molar-refractivity contribution in [3.05, 3.63) is 0 Å². The molecule has 0 bridgehead atoms. The second-order valence-electron chi connectivity index (χ2n) is 5.46. The standard InChI is InChI=1S/C12H23NO2/c1-9(14)11-5-6-13(7-11)8-12(3,4)10(2)15/h9,11,14H,5-8H2,1-4H3. The van der Waals surface area contributed by atoms with Crippen LogP contribution in [0.4, 0.5) is 0 Å². The van der Waals surface area contributed by atoms with Gasteiger partial charge in [-0.3, -0.25) is 4.79 Å². The van der Waals surface area contributed by atoms with Gasteiger partial charge in [-0.05, 0) is 32.7 Å². The maximum atomic E-state index is 11.4. The smallest absolute Gasteiger partial charge is 0.136 e. The summed E-state index contributed by atoms with van der Waals surface area (Å²) in [5.41, 5.74) is -0.256. The van der Waals surface area contributed by atoms with Crippen molar-refractivity contribution in [3.63, 3.8) is 0 Å². The molecule has 0 saturated carbocycles. The van der Waals surface area contributed by atoms with Gasteiger partial charge in [0.25, 0.3) is 0 Å². The first kappa shape index (κ1) is 12.7. The van der Waals surface area contributed by atoms with Crippen LogP contribution in [0.25, 0.3) is 0 Å². The summed E-state index contributed by atoms with van der Waals surface area (Å²) in [4.78, 5) is 13.7. The second-order valence-corrected chi connectivity index (χ2v) is 5.46. The number of likely N-dealkylation sites (tertiary alicyclic amines) is 1. The lowest BCUT2D eigenvalue weighted by molar-refractivity contribution is -0.125. The molecule has 0 amide bonds. The van der Waals surface area contributed by atoms with Crippen molar-refractivity contribution in [3.8, 4) is 0 Å². The summed E-state index contributed by atoms with van der Waals surface area (Å²) in [5, 5.41) is 9.48. The Morgan fingerprint density at radius 2 is 2.20 bits per heavy atom. The van der Waals surface area contributed by atoms with Gasteiger partial charge in [-0.15, -0.1) is 0 Å². The van der Waals surface area contributed by atoms with E-state index in [2.05, 4.69) is 4.90 Å². The number of hydrogen-bond acceptors (Lipinski definition) is 3. The predicted octanol–water partition coefficient (Wildman–Crippen LogP) is 1.30. The molecule has 2 atom stereocenters. The Balaban J connectivity index is 2.46. The molecule has 1 aliphatic rings. The minimum Gasteiger partial charge on any atom is -0.393 e. The molecule has 1 aliphatic heterocycles. The molecule has 0 aliphatic carbocycles. The van der Waals surface area contributed by atoms with E-state index < -0.39 is 0 Å². The average molecular weight is 213 g/mol. The lowest BCUT2D eigenvalue weighted by Gasteiger charge is -2.28. The van der Waals surface area contributed by atoms with E-state index in [9.17, 15) is 9.90 Å². The highest BCUT2D eigenvalue weighted by molar-refractivity contribution is 5.81. The largest absolute Gasteiger partial charge is 0.393 e. The lowest BCUT2D eigenvalue weighted by Crippen LogP contribution is -2.37. The Hall–Kier alpha value is -0.410. The van der Waals surface area contributed by atoms with Gasteiger partial charge >= 0.3 is 0 Å². The summed E-state index contributed by atoms with van der Waals surface area (Å²) in [6, 6.07) is 0. The minimum absolute atomic E-state index is 0.226. The monoisotopic (exact) mass is 213 g/mol. The summed E-state index contributed by atoms with van der Waals surface area (Å²) >= 11 is 0. The molecule has 3 nitrogen and oxygen atoms in total. The number of aliphatic hydroxyl groups excluding tert-OH is 1. The molecule has 0 spiro atoms. The van der Waals surface area contributed by atoms with Crippen LogP contribution in [0.15, 0.2) is 0 Å². The summed E-state index contributed by atoms with van der Waals surface area (Å²) in [5.74, 6) is 0.621. The Labute approximate surface area is 92.5 Å². The zero-order valence-electron chi connectivity index (χ0n) is 10.3. The predicted molar refractivity (Wildman–Crippen MR) is 60.7 cm³/mol. The third-order valence-electron chi connectivity index (χ3n) is 3.56. The second kappa shape index (κ2) is 4.62. The molecule has 2 unspecified atom stereocenters. The highest BCUT2D eigenvalue weighted by atomic mass is 16.3. The van der Waals surface area contributed by atoms with Gasteiger partial charge in [0.2, 0.25) is 0 Å². The molecule has 0 radical (unpaired) electrons. The van der Waals surface area contributed by atoms with Crippen LogP contribution < -0.4 is 0 Å². The lowest BCUT2D eigenvalue weighted by atomic mass is 9.88. The molecule has 1 saturated heterocycles. The van der Waals surface area contributed by atoms with Crippen molar-refractivity contribution >= 4 is 5.78 Å². The Morgan fingerprint density at radius 1 is 1.60 bits per heavy atom. The molecule has 1 rings (SSSR count). The van der Waals surface area contributed by atoms with Crippen molar-refractivity contribution in [1.29, 1.82) is 0 Å². The number of aliphatic hydroxyl groups is 1. The van der Waals surface area contributed by atoms with Crippen LogP contribution in [0.3, 0.4) is 0 Å². The van der Waals surface area contributed by atoms with Gasteiger partial charge in [-0.2, -0.15) is 0 Å². The fourth-order valence-electron chi connectivity index (χ4n) is 2.07. The van der Waals surface area contributed by atoms with Gasteiger partial charge in [-0.25, -0.2) is 0 Å². The Kier molecular flexibility index (Phi) is 3.90. The van der Waals surface area contributed by atoms with Crippen LogP contribution in [-0.4, -0.2) is 41.5 Å². The Morgan fingerprint density at radius 3 is 2.60 bits per heavy atom. The zero-order valence-corrected chi connectivity index (χ0v) is 10.3. The minimum atomic E-state index is -0.256. The van der Waals surface area contributed by atoms with E-state index in [1.54, 1.807) is 6.92 Å². The van der Waals surface area contributed by atoms with Crippen molar-refractivity contribution in [2.45, 2.75) is 40.2 Å². The molecule has 0 aromatic carbocycles. The number of Topliss-reactive ketones (excluding diaryl/α,β-unsaturated/α-hetero) is 1. The van der Waals surface area contributed by atoms with Gasteiger partial charge in [0.05, 0.1) is 6.10 Å². The van der Waals surface area contributed by atoms with Crippen molar-refractivity contribution in [2.75, 3.05) is 19.6 Å². The van der Waals surface area contributed by atoms with Crippen LogP contribution in [0.5, 0.6) is 0 Å². The van der Waals surface area contributed by atoms with E-state index in [0.717, 1.165) is 26.1 Å². The average Bonchev–Trinajstić information content (AvgIpc) is 2.51. The summed E-state index contributed by atoms with van der Waals surface area (Å²) in [6.07, 6.45) is 0.821. The van der Waals surface area contributed by atoms with Gasteiger partial charge in [0.15, 0.2) is 0 Å². The molecule has 0 aromatic heterocycles. The third-order valence-corrected chi connectivity index (χ3v) is 3.56. The van der Waals surface area contributed by atoms with E-state index in [4.69, 9.17) is 0 Å². The van der Waals surface area contributed by atoms with Gasteiger partial charge in [0.1, 0.15) is 5.78 Å². The molecule has 3 heteroatoms. The number of carbonyl (C=O) groups is 1. The van der Waals surface area contributed by atoms with E-state index in [0.29, 0.717) is 5.92 Å². The first-order valence-corrected chi connectivity index (χ1v) is 5.74. The zero-order chi connectivity index (χ0) is 11.6. The fourth-order valence-corrected chi connectivity index (χ4v) is 2.07. The van der Waals surface area contributed by atoms with Crippen molar-refractivity contribution in [1.82, 2.24) is 4.90 Å². The van der Waals surface area contributed by atoms with E-state index in [1.165, 1.54) is 0 Å². The molecule has 1 fully saturated rings. The molecule has 15 heavy (non-hydrogen) atoms. The number of rotatable bonds is 4.